The lowest BCUT2D eigenvalue weighted by Crippen LogP contribution is -2.49. The van der Waals surface area contributed by atoms with E-state index in [0.717, 1.165) is 17.9 Å². The van der Waals surface area contributed by atoms with Gasteiger partial charge in [-0.1, -0.05) is 6.07 Å². The highest BCUT2D eigenvalue weighted by Crippen LogP contribution is 2.23. The van der Waals surface area contributed by atoms with Crippen molar-refractivity contribution >= 4 is 23.3 Å². The number of carbonyl (C=O) groups is 2. The largest absolute Gasteiger partial charge is 0.353 e. The zero-order valence-corrected chi connectivity index (χ0v) is 15.5. The standard InChI is InChI=1S/C21H21N5O2/c22-15-16-6-7-23-19(13-16)24-9-11-25(12-10-24)21(28)17-3-1-4-18(14-17)26-8-2-5-20(26)27/h1,3-4,6-7,13-14H,2,5,8-12H2. The minimum atomic E-state index is -0.0214. The van der Waals surface area contributed by atoms with E-state index in [9.17, 15) is 9.59 Å². The normalized spacial score (nSPS) is 17.0. The van der Waals surface area contributed by atoms with Crippen LogP contribution in [0.1, 0.15) is 28.8 Å². The first-order valence-electron chi connectivity index (χ1n) is 9.46. The number of hydrogen-bond donors (Lipinski definition) is 0. The number of hydrogen-bond acceptors (Lipinski definition) is 5. The molecule has 0 N–H and O–H groups in total. The summed E-state index contributed by atoms with van der Waals surface area (Å²) in [6.45, 7) is 3.22. The summed E-state index contributed by atoms with van der Waals surface area (Å²) in [7, 11) is 0. The van der Waals surface area contributed by atoms with Gasteiger partial charge in [0, 0.05) is 56.6 Å². The predicted octanol–water partition coefficient (Wildman–Crippen LogP) is 2.04. The van der Waals surface area contributed by atoms with Crippen molar-refractivity contribution in [3.63, 3.8) is 0 Å². The third-order valence-corrected chi connectivity index (χ3v) is 5.24. The van der Waals surface area contributed by atoms with Gasteiger partial charge in [0.1, 0.15) is 5.82 Å². The molecule has 7 heteroatoms. The maximum absolute atomic E-state index is 12.9. The molecule has 0 bridgehead atoms. The van der Waals surface area contributed by atoms with E-state index in [1.54, 1.807) is 29.3 Å². The van der Waals surface area contributed by atoms with Gasteiger partial charge in [-0.15, -0.1) is 0 Å². The molecule has 2 fully saturated rings. The Morgan fingerprint density at radius 3 is 2.61 bits per heavy atom. The van der Waals surface area contributed by atoms with Crippen molar-refractivity contribution in [2.24, 2.45) is 0 Å². The lowest BCUT2D eigenvalue weighted by molar-refractivity contribution is -0.117. The molecule has 2 saturated heterocycles. The highest BCUT2D eigenvalue weighted by molar-refractivity contribution is 5.99. The van der Waals surface area contributed by atoms with Gasteiger partial charge in [0.25, 0.3) is 5.91 Å². The van der Waals surface area contributed by atoms with Crippen molar-refractivity contribution in [3.05, 3.63) is 53.7 Å². The third kappa shape index (κ3) is 3.54. The van der Waals surface area contributed by atoms with E-state index in [0.29, 0.717) is 50.3 Å². The van der Waals surface area contributed by atoms with E-state index < -0.39 is 0 Å². The SMILES string of the molecule is N#Cc1ccnc(N2CCN(C(=O)c3cccc(N4CCCC4=O)c3)CC2)c1. The second-order valence-corrected chi connectivity index (χ2v) is 6.99. The Labute approximate surface area is 163 Å². The number of piperazine rings is 1. The Kier molecular flexibility index (Phi) is 4.94. The Bertz CT molecular complexity index is 944. The summed E-state index contributed by atoms with van der Waals surface area (Å²) in [5.74, 6) is 0.859. The second kappa shape index (κ2) is 7.69. The zero-order chi connectivity index (χ0) is 19.5. The Hall–Kier alpha value is -3.40. The first-order valence-corrected chi connectivity index (χ1v) is 9.46. The molecular formula is C21H21N5O2. The number of benzene rings is 1. The fraction of sp³-hybridized carbons (Fsp3) is 0.333. The highest BCUT2D eigenvalue weighted by atomic mass is 16.2. The number of carbonyl (C=O) groups excluding carboxylic acids is 2. The quantitative estimate of drug-likeness (QED) is 0.820. The van der Waals surface area contributed by atoms with Crippen LogP contribution in [0.25, 0.3) is 0 Å². The number of nitriles is 1. The zero-order valence-electron chi connectivity index (χ0n) is 15.5. The topological polar surface area (TPSA) is 80.5 Å². The molecule has 1 aromatic carbocycles. The maximum atomic E-state index is 12.9. The van der Waals surface area contributed by atoms with Gasteiger partial charge in [-0.25, -0.2) is 4.98 Å². The van der Waals surface area contributed by atoms with E-state index in [2.05, 4.69) is 16.0 Å². The van der Waals surface area contributed by atoms with Gasteiger partial charge in [0.2, 0.25) is 5.91 Å². The maximum Gasteiger partial charge on any atom is 0.254 e. The fourth-order valence-electron chi connectivity index (χ4n) is 3.71. The van der Waals surface area contributed by atoms with Gasteiger partial charge >= 0.3 is 0 Å². The minimum absolute atomic E-state index is 0.0214. The Morgan fingerprint density at radius 2 is 1.89 bits per heavy atom. The molecule has 28 heavy (non-hydrogen) atoms. The molecule has 0 unspecified atom stereocenters. The van der Waals surface area contributed by atoms with Crippen LogP contribution in [0.5, 0.6) is 0 Å². The van der Waals surface area contributed by atoms with E-state index in [1.807, 2.05) is 23.1 Å². The molecule has 142 valence electrons. The number of amides is 2. The third-order valence-electron chi connectivity index (χ3n) is 5.24. The summed E-state index contributed by atoms with van der Waals surface area (Å²) < 4.78 is 0. The van der Waals surface area contributed by atoms with E-state index in [-0.39, 0.29) is 11.8 Å². The lowest BCUT2D eigenvalue weighted by Gasteiger charge is -2.35. The Morgan fingerprint density at radius 1 is 1.07 bits per heavy atom. The Balaban J connectivity index is 1.43. The smallest absolute Gasteiger partial charge is 0.254 e. The van der Waals surface area contributed by atoms with Crippen molar-refractivity contribution in [2.45, 2.75) is 12.8 Å². The highest BCUT2D eigenvalue weighted by Gasteiger charge is 2.25. The molecule has 0 radical (unpaired) electrons. The van der Waals surface area contributed by atoms with Crippen molar-refractivity contribution < 1.29 is 9.59 Å². The van der Waals surface area contributed by atoms with Gasteiger partial charge in [-0.2, -0.15) is 5.26 Å². The number of anilines is 2. The van der Waals surface area contributed by atoms with E-state index in [4.69, 9.17) is 5.26 Å². The minimum Gasteiger partial charge on any atom is -0.353 e. The summed E-state index contributed by atoms with van der Waals surface area (Å²) >= 11 is 0. The molecule has 3 heterocycles. The fourth-order valence-corrected chi connectivity index (χ4v) is 3.71. The average Bonchev–Trinajstić information content (AvgIpc) is 3.19. The molecule has 2 aromatic rings. The number of rotatable bonds is 3. The van der Waals surface area contributed by atoms with E-state index in [1.165, 1.54) is 0 Å². The molecule has 2 aliphatic rings. The first kappa shape index (κ1) is 18.0. The molecule has 0 atom stereocenters. The van der Waals surface area contributed by atoms with Crippen molar-refractivity contribution in [3.8, 4) is 6.07 Å². The van der Waals surface area contributed by atoms with Gasteiger partial charge in [-0.05, 0) is 36.8 Å². The van der Waals surface area contributed by atoms with Crippen LogP contribution in [0, 0.1) is 11.3 Å². The van der Waals surface area contributed by atoms with Gasteiger partial charge < -0.3 is 14.7 Å². The molecule has 2 aliphatic heterocycles. The number of pyridine rings is 1. The van der Waals surface area contributed by atoms with Crippen LogP contribution in [-0.2, 0) is 4.79 Å². The second-order valence-electron chi connectivity index (χ2n) is 6.99. The van der Waals surface area contributed by atoms with Gasteiger partial charge in [-0.3, -0.25) is 9.59 Å². The van der Waals surface area contributed by atoms with Crippen LogP contribution in [0.15, 0.2) is 42.6 Å². The molecule has 0 spiro atoms. The molecule has 7 nitrogen and oxygen atoms in total. The molecule has 4 rings (SSSR count). The lowest BCUT2D eigenvalue weighted by atomic mass is 10.1. The summed E-state index contributed by atoms with van der Waals surface area (Å²) in [5.41, 5.74) is 1.98. The first-order chi connectivity index (χ1) is 13.7. The molecule has 1 aromatic heterocycles. The molecule has 0 aliphatic carbocycles. The summed E-state index contributed by atoms with van der Waals surface area (Å²) in [5, 5.41) is 9.05. The van der Waals surface area contributed by atoms with E-state index >= 15 is 0 Å². The van der Waals surface area contributed by atoms with Crippen LogP contribution >= 0.6 is 0 Å². The summed E-state index contributed by atoms with van der Waals surface area (Å²) in [4.78, 5) is 34.9. The van der Waals surface area contributed by atoms with Gasteiger partial charge in [0.15, 0.2) is 0 Å². The predicted molar refractivity (Wildman–Crippen MR) is 105 cm³/mol. The molecule has 2 amide bonds. The van der Waals surface area contributed by atoms with Crippen molar-refractivity contribution in [2.75, 3.05) is 42.5 Å². The van der Waals surface area contributed by atoms with Crippen molar-refractivity contribution in [1.29, 1.82) is 5.26 Å². The monoisotopic (exact) mass is 375 g/mol. The molecule has 0 saturated carbocycles. The van der Waals surface area contributed by atoms with Gasteiger partial charge in [0.05, 0.1) is 11.6 Å². The van der Waals surface area contributed by atoms with Crippen LogP contribution in [-0.4, -0.2) is 54.4 Å². The van der Waals surface area contributed by atoms with Crippen LogP contribution in [0.3, 0.4) is 0 Å². The van der Waals surface area contributed by atoms with Crippen molar-refractivity contribution in [1.82, 2.24) is 9.88 Å². The van der Waals surface area contributed by atoms with Crippen LogP contribution < -0.4 is 9.80 Å². The van der Waals surface area contributed by atoms with Crippen LogP contribution in [0.2, 0.25) is 0 Å². The average molecular weight is 375 g/mol. The summed E-state index contributed by atoms with van der Waals surface area (Å²) in [6, 6.07) is 12.9. The number of nitrogens with zero attached hydrogens (tertiary/aromatic N) is 5. The van der Waals surface area contributed by atoms with Crippen LogP contribution in [0.4, 0.5) is 11.5 Å². The summed E-state index contributed by atoms with van der Waals surface area (Å²) in [6.07, 6.45) is 3.07. The number of aromatic nitrogens is 1. The molecular weight excluding hydrogens is 354 g/mol.